The van der Waals surface area contributed by atoms with Gasteiger partial charge < -0.3 is 15.3 Å². The number of aliphatic hydroxyl groups is 1. The summed E-state index contributed by atoms with van der Waals surface area (Å²) in [4.78, 5) is 2.51. The van der Waals surface area contributed by atoms with Crippen molar-refractivity contribution >= 4 is 0 Å². The highest BCUT2D eigenvalue weighted by Crippen LogP contribution is 2.27. The molecular weight excluding hydrogens is 200 g/mol. The van der Waals surface area contributed by atoms with Crippen LogP contribution in [0.4, 0.5) is 0 Å². The molecule has 0 aromatic heterocycles. The number of likely N-dealkylation sites (N-methyl/N-ethyl adjacent to an activating group) is 1. The minimum Gasteiger partial charge on any atom is -0.392 e. The topological polar surface area (TPSA) is 35.5 Å². The number of aliphatic hydroxyl groups excluding tert-OH is 1. The van der Waals surface area contributed by atoms with Crippen molar-refractivity contribution in [2.75, 3.05) is 20.1 Å². The van der Waals surface area contributed by atoms with Crippen LogP contribution >= 0.6 is 0 Å². The number of β-amino-alcohol motifs (C(OH)–C–C–N with tert-alkyl or cyclic N) is 1. The predicted molar refractivity (Wildman–Crippen MR) is 66.5 cm³/mol. The standard InChI is InChI=1S/C13H26N2O/c1-10-4-3-5-12(6-10)15(2)9-11-7-13(16)8-14-11/h10-14,16H,3-9H2,1-2H3. The van der Waals surface area contributed by atoms with E-state index in [1.807, 2.05) is 0 Å². The SMILES string of the molecule is CC1CCCC(N(C)CC2CC(O)CN2)C1. The van der Waals surface area contributed by atoms with Crippen LogP contribution in [0.5, 0.6) is 0 Å². The maximum atomic E-state index is 9.48. The zero-order chi connectivity index (χ0) is 11.5. The van der Waals surface area contributed by atoms with Crippen LogP contribution in [0.15, 0.2) is 0 Å². The zero-order valence-corrected chi connectivity index (χ0v) is 10.7. The van der Waals surface area contributed by atoms with Gasteiger partial charge in [0, 0.05) is 25.2 Å². The van der Waals surface area contributed by atoms with E-state index >= 15 is 0 Å². The first-order valence-corrected chi connectivity index (χ1v) is 6.77. The summed E-state index contributed by atoms with van der Waals surface area (Å²) in [5.41, 5.74) is 0. The summed E-state index contributed by atoms with van der Waals surface area (Å²) in [6.45, 7) is 4.24. The molecule has 1 heterocycles. The van der Waals surface area contributed by atoms with Crippen LogP contribution in [0.3, 0.4) is 0 Å². The van der Waals surface area contributed by atoms with E-state index in [9.17, 15) is 5.11 Å². The average Bonchev–Trinajstić information content (AvgIpc) is 2.64. The second kappa shape index (κ2) is 5.48. The molecule has 2 aliphatic rings. The van der Waals surface area contributed by atoms with Gasteiger partial charge in [-0.1, -0.05) is 19.8 Å². The van der Waals surface area contributed by atoms with Gasteiger partial charge in [-0.2, -0.15) is 0 Å². The van der Waals surface area contributed by atoms with Gasteiger partial charge >= 0.3 is 0 Å². The second-order valence-corrected chi connectivity index (χ2v) is 5.86. The fourth-order valence-electron chi connectivity index (χ4n) is 3.24. The van der Waals surface area contributed by atoms with Gasteiger partial charge in [-0.15, -0.1) is 0 Å². The van der Waals surface area contributed by atoms with Crippen molar-refractivity contribution in [3.05, 3.63) is 0 Å². The summed E-state index contributed by atoms with van der Waals surface area (Å²) in [6, 6.07) is 1.26. The van der Waals surface area contributed by atoms with Crippen LogP contribution in [-0.2, 0) is 0 Å². The van der Waals surface area contributed by atoms with E-state index in [-0.39, 0.29) is 6.10 Å². The third-order valence-electron chi connectivity index (χ3n) is 4.24. The van der Waals surface area contributed by atoms with Crippen molar-refractivity contribution in [2.24, 2.45) is 5.92 Å². The summed E-state index contributed by atoms with van der Waals surface area (Å²) < 4.78 is 0. The third kappa shape index (κ3) is 3.19. The lowest BCUT2D eigenvalue weighted by molar-refractivity contribution is 0.147. The third-order valence-corrected chi connectivity index (χ3v) is 4.24. The van der Waals surface area contributed by atoms with Gasteiger partial charge in [0.1, 0.15) is 0 Å². The van der Waals surface area contributed by atoms with Gasteiger partial charge in [0.05, 0.1) is 6.10 Å². The van der Waals surface area contributed by atoms with Gasteiger partial charge in [-0.3, -0.25) is 0 Å². The first-order valence-electron chi connectivity index (χ1n) is 6.77. The molecule has 16 heavy (non-hydrogen) atoms. The number of rotatable bonds is 3. The van der Waals surface area contributed by atoms with Crippen LogP contribution in [-0.4, -0.2) is 48.3 Å². The highest BCUT2D eigenvalue weighted by molar-refractivity contribution is 4.85. The van der Waals surface area contributed by atoms with Crippen molar-refractivity contribution in [2.45, 2.75) is 57.2 Å². The number of hydrogen-bond acceptors (Lipinski definition) is 3. The Kier molecular flexibility index (Phi) is 4.22. The normalized spacial score (nSPS) is 40.5. The molecule has 0 bridgehead atoms. The zero-order valence-electron chi connectivity index (χ0n) is 10.7. The molecule has 1 saturated carbocycles. The van der Waals surface area contributed by atoms with E-state index in [0.717, 1.165) is 31.5 Å². The van der Waals surface area contributed by atoms with Gasteiger partial charge in [0.2, 0.25) is 0 Å². The van der Waals surface area contributed by atoms with Gasteiger partial charge in [0.25, 0.3) is 0 Å². The largest absolute Gasteiger partial charge is 0.392 e. The molecule has 0 spiro atoms. The second-order valence-electron chi connectivity index (χ2n) is 5.86. The molecule has 3 heteroatoms. The first-order chi connectivity index (χ1) is 7.65. The first kappa shape index (κ1) is 12.3. The lowest BCUT2D eigenvalue weighted by atomic mass is 9.86. The molecule has 0 radical (unpaired) electrons. The van der Waals surface area contributed by atoms with Crippen molar-refractivity contribution in [3.63, 3.8) is 0 Å². The Morgan fingerprint density at radius 2 is 2.12 bits per heavy atom. The molecule has 1 saturated heterocycles. The Hall–Kier alpha value is -0.120. The molecule has 1 aliphatic heterocycles. The number of nitrogens with one attached hydrogen (secondary N) is 1. The Balaban J connectivity index is 1.76. The van der Waals surface area contributed by atoms with Crippen LogP contribution in [0, 0.1) is 5.92 Å². The lowest BCUT2D eigenvalue weighted by Crippen LogP contribution is -2.42. The van der Waals surface area contributed by atoms with Gasteiger partial charge in [-0.25, -0.2) is 0 Å². The molecule has 0 aromatic carbocycles. The smallest absolute Gasteiger partial charge is 0.0680 e. The Labute approximate surface area is 99.2 Å². The molecule has 0 aromatic rings. The summed E-state index contributed by atoms with van der Waals surface area (Å²) >= 11 is 0. The fraction of sp³-hybridized carbons (Fsp3) is 1.00. The number of nitrogens with zero attached hydrogens (tertiary/aromatic N) is 1. The Bertz CT molecular complexity index is 222. The molecule has 94 valence electrons. The van der Waals surface area contributed by atoms with Crippen LogP contribution in [0.25, 0.3) is 0 Å². The molecule has 4 atom stereocenters. The molecule has 1 aliphatic carbocycles. The summed E-state index contributed by atoms with van der Waals surface area (Å²) in [7, 11) is 2.25. The fourth-order valence-corrected chi connectivity index (χ4v) is 3.24. The van der Waals surface area contributed by atoms with E-state index < -0.39 is 0 Å². The van der Waals surface area contributed by atoms with E-state index in [1.165, 1.54) is 25.7 Å². The van der Waals surface area contributed by atoms with Crippen molar-refractivity contribution < 1.29 is 5.11 Å². The van der Waals surface area contributed by atoms with E-state index in [2.05, 4.69) is 24.2 Å². The molecule has 2 rings (SSSR count). The van der Waals surface area contributed by atoms with Gasteiger partial charge in [-0.05, 0) is 32.2 Å². The van der Waals surface area contributed by atoms with Crippen molar-refractivity contribution in [1.29, 1.82) is 0 Å². The van der Waals surface area contributed by atoms with Crippen LogP contribution in [0.1, 0.15) is 39.0 Å². The molecule has 3 nitrogen and oxygen atoms in total. The summed E-state index contributed by atoms with van der Waals surface area (Å²) in [5.74, 6) is 0.892. The summed E-state index contributed by atoms with van der Waals surface area (Å²) in [6.07, 6.45) is 6.31. The lowest BCUT2D eigenvalue weighted by Gasteiger charge is -2.35. The Morgan fingerprint density at radius 1 is 1.31 bits per heavy atom. The van der Waals surface area contributed by atoms with Crippen molar-refractivity contribution in [1.82, 2.24) is 10.2 Å². The minimum absolute atomic E-state index is 0.122. The van der Waals surface area contributed by atoms with E-state index in [4.69, 9.17) is 0 Å². The van der Waals surface area contributed by atoms with E-state index in [1.54, 1.807) is 0 Å². The number of hydrogen-bond donors (Lipinski definition) is 2. The Morgan fingerprint density at radius 3 is 2.75 bits per heavy atom. The van der Waals surface area contributed by atoms with Crippen LogP contribution in [0.2, 0.25) is 0 Å². The molecule has 2 fully saturated rings. The molecule has 2 N–H and O–H groups in total. The van der Waals surface area contributed by atoms with E-state index in [0.29, 0.717) is 6.04 Å². The highest BCUT2D eigenvalue weighted by atomic mass is 16.3. The quantitative estimate of drug-likeness (QED) is 0.759. The maximum absolute atomic E-state index is 9.48. The molecular formula is C13H26N2O. The minimum atomic E-state index is -0.122. The molecule has 4 unspecified atom stereocenters. The average molecular weight is 226 g/mol. The molecule has 0 amide bonds. The summed E-state index contributed by atoms with van der Waals surface area (Å²) in [5, 5.41) is 12.9. The highest BCUT2D eigenvalue weighted by Gasteiger charge is 2.27. The van der Waals surface area contributed by atoms with Crippen molar-refractivity contribution in [3.8, 4) is 0 Å². The van der Waals surface area contributed by atoms with Gasteiger partial charge in [0.15, 0.2) is 0 Å². The predicted octanol–water partition coefficient (Wildman–Crippen LogP) is 1.22. The monoisotopic (exact) mass is 226 g/mol. The maximum Gasteiger partial charge on any atom is 0.0680 e. The van der Waals surface area contributed by atoms with Crippen LogP contribution < -0.4 is 5.32 Å².